The van der Waals surface area contributed by atoms with E-state index in [9.17, 15) is 39.6 Å². The van der Waals surface area contributed by atoms with Crippen LogP contribution in [0.3, 0.4) is 0 Å². The number of carboxylic acids is 4. The van der Waals surface area contributed by atoms with E-state index in [0.717, 1.165) is 43.1 Å². The fourth-order valence-corrected chi connectivity index (χ4v) is 5.61. The summed E-state index contributed by atoms with van der Waals surface area (Å²) < 4.78 is 0. The Morgan fingerprint density at radius 1 is 0.264 bits per heavy atom. The van der Waals surface area contributed by atoms with Gasteiger partial charge in [-0.1, -0.05) is 170 Å². The average Bonchev–Trinajstić information content (AvgIpc) is 3.17. The number of hydrogen-bond donors (Lipinski definition) is 0. The van der Waals surface area contributed by atoms with Crippen LogP contribution in [0.15, 0.2) is 170 Å². The number of carboxylic acid groups (broad SMARTS) is 4. The first-order valence-electron chi connectivity index (χ1n) is 15.9. The van der Waals surface area contributed by atoms with Crippen molar-refractivity contribution in [2.45, 2.75) is 0 Å². The van der Waals surface area contributed by atoms with Crippen molar-refractivity contribution in [2.24, 2.45) is 0 Å². The van der Waals surface area contributed by atoms with Crippen LogP contribution in [-0.2, 0) is 25.8 Å². The van der Waals surface area contributed by atoms with Gasteiger partial charge < -0.3 is 39.6 Å². The van der Waals surface area contributed by atoms with Crippen molar-refractivity contribution in [1.82, 2.24) is 0 Å². The van der Waals surface area contributed by atoms with Gasteiger partial charge in [-0.05, 0) is 43.1 Å². The van der Waals surface area contributed by atoms with E-state index in [1.165, 1.54) is 0 Å². The zero-order chi connectivity index (χ0) is 37.0. The van der Waals surface area contributed by atoms with Crippen molar-refractivity contribution in [3.8, 4) is 0 Å². The number of rotatable bonds is 4. The first-order valence-corrected chi connectivity index (χ1v) is 15.9. The van der Waals surface area contributed by atoms with Gasteiger partial charge in [0, 0.05) is 22.3 Å². The van der Waals surface area contributed by atoms with Crippen molar-refractivity contribution in [1.29, 1.82) is 0 Å². The van der Waals surface area contributed by atoms with Crippen molar-refractivity contribution in [2.75, 3.05) is 0 Å². The number of fused-ring (bicyclic) bond motifs is 4. The SMILES string of the molecule is O=C([O-])c1cccc2ccccc12.O=C([O-])c1cccc2ccccc12.O=C([O-])c1cccc2ccccc12.O=C([O-])c1cccc2ccccc12.[Hf+4]. The summed E-state index contributed by atoms with van der Waals surface area (Å²) >= 11 is 0. The number of aromatic carboxylic acids is 4. The van der Waals surface area contributed by atoms with Crippen molar-refractivity contribution >= 4 is 67.0 Å². The number of carbonyl (C=O) groups excluding carboxylic acids is 4. The molecule has 0 atom stereocenters. The molecule has 0 fully saturated rings. The quantitative estimate of drug-likeness (QED) is 0.228. The Morgan fingerprint density at radius 3 is 0.623 bits per heavy atom. The Hall–Kier alpha value is -6.45. The number of hydrogen-bond acceptors (Lipinski definition) is 8. The number of carbonyl (C=O) groups is 4. The predicted octanol–water partition coefficient (Wildman–Crippen LogP) is 4.81. The van der Waals surface area contributed by atoms with Gasteiger partial charge in [0.05, 0.1) is 23.9 Å². The molecule has 0 aliphatic rings. The van der Waals surface area contributed by atoms with Crippen molar-refractivity contribution in [3.63, 3.8) is 0 Å². The van der Waals surface area contributed by atoms with Gasteiger partial charge in [0.25, 0.3) is 0 Å². The molecule has 0 aromatic heterocycles. The summed E-state index contributed by atoms with van der Waals surface area (Å²) in [6.07, 6.45) is 0. The second-order valence-electron chi connectivity index (χ2n) is 11.3. The molecule has 8 rings (SSSR count). The summed E-state index contributed by atoms with van der Waals surface area (Å²) in [6.45, 7) is 0. The summed E-state index contributed by atoms with van der Waals surface area (Å²) in [4.78, 5) is 42.8. The van der Waals surface area contributed by atoms with Gasteiger partial charge in [-0.2, -0.15) is 0 Å². The van der Waals surface area contributed by atoms with E-state index < -0.39 is 23.9 Å². The van der Waals surface area contributed by atoms with Crippen LogP contribution in [0.25, 0.3) is 43.1 Å². The molecule has 0 saturated heterocycles. The predicted molar refractivity (Wildman–Crippen MR) is 193 cm³/mol. The summed E-state index contributed by atoms with van der Waals surface area (Å²) in [5.41, 5.74) is 0.993. The average molecular weight is 863 g/mol. The topological polar surface area (TPSA) is 161 Å². The Bertz CT molecular complexity index is 2180. The largest absolute Gasteiger partial charge is 4.00 e. The number of benzene rings is 8. The van der Waals surface area contributed by atoms with E-state index in [1.807, 2.05) is 97.1 Å². The van der Waals surface area contributed by atoms with E-state index in [-0.39, 0.29) is 48.1 Å². The van der Waals surface area contributed by atoms with E-state index in [2.05, 4.69) is 0 Å². The molecule has 0 heterocycles. The zero-order valence-corrected chi connectivity index (χ0v) is 31.5. The molecule has 256 valence electrons. The summed E-state index contributed by atoms with van der Waals surface area (Å²) in [5.74, 6) is -4.51. The van der Waals surface area contributed by atoms with Gasteiger partial charge in [0.2, 0.25) is 0 Å². The molecule has 0 spiro atoms. The van der Waals surface area contributed by atoms with Gasteiger partial charge in [-0.25, -0.2) is 0 Å². The maximum atomic E-state index is 10.7. The summed E-state index contributed by atoms with van der Waals surface area (Å²) in [7, 11) is 0. The molecule has 0 N–H and O–H groups in total. The molecule has 0 aliphatic heterocycles. The van der Waals surface area contributed by atoms with Crippen LogP contribution in [0.2, 0.25) is 0 Å². The maximum absolute atomic E-state index is 10.7. The van der Waals surface area contributed by atoms with Crippen LogP contribution in [0, 0.1) is 0 Å². The van der Waals surface area contributed by atoms with Crippen LogP contribution in [0.1, 0.15) is 41.4 Å². The molecule has 0 radical (unpaired) electrons. The van der Waals surface area contributed by atoms with E-state index in [1.54, 1.807) is 72.8 Å². The fraction of sp³-hybridized carbons (Fsp3) is 0. The Balaban J connectivity index is 0.000000157. The van der Waals surface area contributed by atoms with Gasteiger partial charge in [0.1, 0.15) is 0 Å². The Morgan fingerprint density at radius 2 is 0.434 bits per heavy atom. The molecule has 0 aliphatic carbocycles. The Labute approximate surface area is 323 Å². The van der Waals surface area contributed by atoms with Gasteiger partial charge in [-0.3, -0.25) is 0 Å². The van der Waals surface area contributed by atoms with Crippen LogP contribution < -0.4 is 20.4 Å². The standard InChI is InChI=1S/4C11H8O2.Hf/c4*12-11(13)10-7-3-5-8-4-1-2-6-9(8)10;/h4*1-7H,(H,12,13);/q;;;;+4/p-4. The monoisotopic (exact) mass is 864 g/mol. The molecular formula is C44H28HfO8. The minimum Gasteiger partial charge on any atom is -0.545 e. The van der Waals surface area contributed by atoms with Crippen molar-refractivity contribution in [3.05, 3.63) is 192 Å². The van der Waals surface area contributed by atoms with Gasteiger partial charge in [-0.15, -0.1) is 0 Å². The maximum Gasteiger partial charge on any atom is 4.00 e. The third kappa shape index (κ3) is 9.87. The van der Waals surface area contributed by atoms with Crippen LogP contribution in [0.5, 0.6) is 0 Å². The minimum absolute atomic E-state index is 0. The molecular weight excluding hydrogens is 835 g/mol. The molecule has 8 nitrogen and oxygen atoms in total. The minimum atomic E-state index is -1.13. The first-order chi connectivity index (χ1) is 25.2. The second-order valence-corrected chi connectivity index (χ2v) is 11.3. The van der Waals surface area contributed by atoms with Crippen LogP contribution in [-0.4, -0.2) is 23.9 Å². The Kier molecular flexibility index (Phi) is 13.9. The van der Waals surface area contributed by atoms with Crippen LogP contribution in [0.4, 0.5) is 0 Å². The third-order valence-corrected chi connectivity index (χ3v) is 8.04. The van der Waals surface area contributed by atoms with Gasteiger partial charge in [0.15, 0.2) is 0 Å². The normalized spacial score (nSPS) is 9.96. The molecule has 0 amide bonds. The van der Waals surface area contributed by atoms with Crippen LogP contribution >= 0.6 is 0 Å². The molecule has 53 heavy (non-hydrogen) atoms. The molecule has 8 aromatic rings. The summed E-state index contributed by atoms with van der Waals surface area (Å²) in [5, 5.41) is 49.4. The third-order valence-electron chi connectivity index (χ3n) is 8.04. The van der Waals surface area contributed by atoms with E-state index in [4.69, 9.17) is 0 Å². The van der Waals surface area contributed by atoms with E-state index in [0.29, 0.717) is 0 Å². The smallest absolute Gasteiger partial charge is 0.545 e. The molecule has 0 unspecified atom stereocenters. The van der Waals surface area contributed by atoms with E-state index >= 15 is 0 Å². The molecule has 8 aromatic carbocycles. The first kappa shape index (κ1) is 39.3. The zero-order valence-electron chi connectivity index (χ0n) is 27.9. The fourth-order valence-electron chi connectivity index (χ4n) is 5.61. The molecule has 0 saturated carbocycles. The molecule has 9 heteroatoms. The van der Waals surface area contributed by atoms with Gasteiger partial charge >= 0.3 is 25.8 Å². The second kappa shape index (κ2) is 18.7. The van der Waals surface area contributed by atoms with Crippen molar-refractivity contribution < 1.29 is 65.4 Å². The summed E-state index contributed by atoms with van der Waals surface area (Å²) in [6, 6.07) is 50.0. The molecule has 0 bridgehead atoms.